The van der Waals surface area contributed by atoms with Crippen molar-refractivity contribution < 1.29 is 4.42 Å². The van der Waals surface area contributed by atoms with Crippen LogP contribution in [0.3, 0.4) is 0 Å². The summed E-state index contributed by atoms with van der Waals surface area (Å²) in [4.78, 5) is 15.9. The van der Waals surface area contributed by atoms with E-state index in [2.05, 4.69) is 229 Å². The molecule has 3 heterocycles. The molecule has 3 aromatic heterocycles. The van der Waals surface area contributed by atoms with Gasteiger partial charge in [0.05, 0.1) is 22.1 Å². The number of nitrogens with zero attached hydrogens (tertiary/aromatic N) is 4. The fourth-order valence-corrected chi connectivity index (χ4v) is 9.80. The van der Waals surface area contributed by atoms with E-state index < -0.39 is 0 Å². The van der Waals surface area contributed by atoms with Gasteiger partial charge in [-0.1, -0.05) is 206 Å². The van der Waals surface area contributed by atoms with E-state index in [0.717, 1.165) is 111 Å². The number of benzene rings is 10. The Morgan fingerprint density at radius 2 is 0.706 bits per heavy atom. The molecule has 0 fully saturated rings. The Balaban J connectivity index is 1.07. The molecule has 0 N–H and O–H groups in total. The van der Waals surface area contributed by atoms with Crippen molar-refractivity contribution in [1.82, 2.24) is 19.5 Å². The molecule has 0 aliphatic rings. The molecule has 0 spiro atoms. The molecular formula is C63H40N4O. The van der Waals surface area contributed by atoms with Gasteiger partial charge in [0.15, 0.2) is 17.5 Å². The normalized spacial score (nSPS) is 11.5. The molecule has 68 heavy (non-hydrogen) atoms. The molecule has 0 bridgehead atoms. The quantitative estimate of drug-likeness (QED) is 0.153. The summed E-state index contributed by atoms with van der Waals surface area (Å²) in [5.74, 6) is 1.78. The molecular weight excluding hydrogens is 829 g/mol. The van der Waals surface area contributed by atoms with Gasteiger partial charge in [-0.2, -0.15) is 0 Å². The van der Waals surface area contributed by atoms with Gasteiger partial charge in [-0.3, -0.25) is 0 Å². The van der Waals surface area contributed by atoms with E-state index in [1.165, 1.54) is 0 Å². The SMILES string of the molecule is c1ccc(-c2ccc(-c3nc(-c4ccc(-c5ccccc5)cc4)nc(-c4cc(-c5ccccc5)c(-n5c6ccccc6c6c7oc8ccccc8c7ccc65)c(-c5ccccc5)c4)n3)cc2)cc1. The van der Waals surface area contributed by atoms with E-state index in [1.807, 2.05) is 18.2 Å². The Hall–Kier alpha value is -9.19. The summed E-state index contributed by atoms with van der Waals surface area (Å²) in [6.45, 7) is 0. The monoisotopic (exact) mass is 868 g/mol. The van der Waals surface area contributed by atoms with Gasteiger partial charge in [0, 0.05) is 44.0 Å². The van der Waals surface area contributed by atoms with E-state index in [9.17, 15) is 0 Å². The Morgan fingerprint density at radius 1 is 0.294 bits per heavy atom. The Kier molecular flexibility index (Phi) is 9.43. The van der Waals surface area contributed by atoms with Crippen molar-refractivity contribution in [2.45, 2.75) is 0 Å². The molecule has 318 valence electrons. The number of hydrogen-bond donors (Lipinski definition) is 0. The average Bonchev–Trinajstić information content (AvgIpc) is 3.97. The molecule has 0 saturated heterocycles. The van der Waals surface area contributed by atoms with E-state index >= 15 is 0 Å². The maximum atomic E-state index is 6.75. The van der Waals surface area contributed by atoms with Gasteiger partial charge in [0.1, 0.15) is 11.2 Å². The Bertz CT molecular complexity index is 3810. The first-order chi connectivity index (χ1) is 33.7. The first-order valence-electron chi connectivity index (χ1n) is 22.9. The third-order valence-electron chi connectivity index (χ3n) is 13.1. The number of furan rings is 1. The van der Waals surface area contributed by atoms with Crippen molar-refractivity contribution in [3.05, 3.63) is 243 Å². The van der Waals surface area contributed by atoms with Gasteiger partial charge in [-0.05, 0) is 69.8 Å². The lowest BCUT2D eigenvalue weighted by Gasteiger charge is -2.21. The highest BCUT2D eigenvalue weighted by Crippen LogP contribution is 2.46. The van der Waals surface area contributed by atoms with Crippen LogP contribution in [0.2, 0.25) is 0 Å². The smallest absolute Gasteiger partial charge is 0.164 e. The van der Waals surface area contributed by atoms with Gasteiger partial charge < -0.3 is 8.98 Å². The molecule has 10 aromatic carbocycles. The van der Waals surface area contributed by atoms with Crippen molar-refractivity contribution in [3.63, 3.8) is 0 Å². The second kappa shape index (κ2) is 16.4. The zero-order valence-corrected chi connectivity index (χ0v) is 36.8. The number of aromatic nitrogens is 4. The maximum Gasteiger partial charge on any atom is 0.164 e. The number of fused-ring (bicyclic) bond motifs is 7. The minimum absolute atomic E-state index is 0.580. The summed E-state index contributed by atoms with van der Waals surface area (Å²) in [6.07, 6.45) is 0. The first kappa shape index (κ1) is 39.2. The predicted molar refractivity (Wildman–Crippen MR) is 279 cm³/mol. The lowest BCUT2D eigenvalue weighted by molar-refractivity contribution is 0.673. The van der Waals surface area contributed by atoms with Crippen molar-refractivity contribution in [1.29, 1.82) is 0 Å². The fraction of sp³-hybridized carbons (Fsp3) is 0. The van der Waals surface area contributed by atoms with Crippen LogP contribution in [0.15, 0.2) is 247 Å². The molecule has 0 unspecified atom stereocenters. The molecule has 0 atom stereocenters. The van der Waals surface area contributed by atoms with Crippen molar-refractivity contribution in [2.75, 3.05) is 0 Å². The van der Waals surface area contributed by atoms with Gasteiger partial charge in [-0.15, -0.1) is 0 Å². The van der Waals surface area contributed by atoms with Crippen molar-refractivity contribution >= 4 is 43.7 Å². The molecule has 0 aliphatic carbocycles. The van der Waals surface area contributed by atoms with Gasteiger partial charge in [-0.25, -0.2) is 15.0 Å². The topological polar surface area (TPSA) is 56.7 Å². The lowest BCUT2D eigenvalue weighted by Crippen LogP contribution is -2.04. The molecule has 5 nitrogen and oxygen atoms in total. The zero-order chi connectivity index (χ0) is 45.0. The van der Waals surface area contributed by atoms with E-state index in [-0.39, 0.29) is 0 Å². The minimum atomic E-state index is 0.580. The molecule has 0 aliphatic heterocycles. The number of para-hydroxylation sites is 2. The number of rotatable bonds is 8. The van der Waals surface area contributed by atoms with Crippen LogP contribution in [0, 0.1) is 0 Å². The summed E-state index contributed by atoms with van der Waals surface area (Å²) in [5, 5.41) is 4.41. The highest BCUT2D eigenvalue weighted by atomic mass is 16.3. The molecule has 13 aromatic rings. The lowest BCUT2D eigenvalue weighted by atomic mass is 9.92. The van der Waals surface area contributed by atoms with Crippen LogP contribution < -0.4 is 0 Å². The minimum Gasteiger partial charge on any atom is -0.455 e. The molecule has 0 saturated carbocycles. The molecule has 5 heteroatoms. The van der Waals surface area contributed by atoms with E-state index in [4.69, 9.17) is 19.4 Å². The van der Waals surface area contributed by atoms with Crippen molar-refractivity contribution in [2.24, 2.45) is 0 Å². The van der Waals surface area contributed by atoms with Crippen LogP contribution in [-0.4, -0.2) is 19.5 Å². The van der Waals surface area contributed by atoms with Crippen molar-refractivity contribution in [3.8, 4) is 84.4 Å². The average molecular weight is 869 g/mol. The fourth-order valence-electron chi connectivity index (χ4n) is 9.80. The largest absolute Gasteiger partial charge is 0.455 e. The first-order valence-corrected chi connectivity index (χ1v) is 22.9. The molecule has 0 amide bonds. The van der Waals surface area contributed by atoms with Gasteiger partial charge >= 0.3 is 0 Å². The summed E-state index contributed by atoms with van der Waals surface area (Å²) in [6, 6.07) is 85.2. The third-order valence-corrected chi connectivity index (χ3v) is 13.1. The van der Waals surface area contributed by atoms with Crippen LogP contribution in [0.4, 0.5) is 0 Å². The van der Waals surface area contributed by atoms with Crippen LogP contribution in [0.5, 0.6) is 0 Å². The van der Waals surface area contributed by atoms with E-state index in [1.54, 1.807) is 0 Å². The summed E-state index contributed by atoms with van der Waals surface area (Å²) in [7, 11) is 0. The van der Waals surface area contributed by atoms with Crippen LogP contribution in [0.1, 0.15) is 0 Å². The summed E-state index contributed by atoms with van der Waals surface area (Å²) >= 11 is 0. The predicted octanol–water partition coefficient (Wildman–Crippen LogP) is 16.5. The third kappa shape index (κ3) is 6.76. The molecule has 13 rings (SSSR count). The van der Waals surface area contributed by atoms with Gasteiger partial charge in [0.25, 0.3) is 0 Å². The van der Waals surface area contributed by atoms with Crippen LogP contribution in [0.25, 0.3) is 128 Å². The summed E-state index contributed by atoms with van der Waals surface area (Å²) in [5.41, 5.74) is 16.4. The second-order valence-electron chi connectivity index (χ2n) is 17.1. The highest BCUT2D eigenvalue weighted by Gasteiger charge is 2.25. The van der Waals surface area contributed by atoms with Crippen LogP contribution in [-0.2, 0) is 0 Å². The van der Waals surface area contributed by atoms with E-state index in [0.29, 0.717) is 17.5 Å². The molecule has 0 radical (unpaired) electrons. The highest BCUT2D eigenvalue weighted by molar-refractivity contribution is 6.24. The van der Waals surface area contributed by atoms with Crippen LogP contribution >= 0.6 is 0 Å². The van der Waals surface area contributed by atoms with Gasteiger partial charge in [0.2, 0.25) is 0 Å². The Labute approximate surface area is 392 Å². The maximum absolute atomic E-state index is 6.75. The standard InChI is InChI=1S/C63H40N4O/c1-5-17-41(18-6-1)43-29-33-47(34-30-43)61-64-62(48-35-31-44(32-36-48)42-19-7-2-8-20-42)66-63(65-61)49-39-53(45-21-9-3-10-22-45)59(54(40-49)46-23-11-4-12-24-46)67-55-27-15-13-26-52(55)58-56(67)38-37-51-50-25-14-16-28-57(50)68-60(51)58/h1-40H. The number of hydrogen-bond acceptors (Lipinski definition) is 4. The second-order valence-corrected chi connectivity index (χ2v) is 17.1. The zero-order valence-electron chi connectivity index (χ0n) is 36.8. The Morgan fingerprint density at radius 3 is 1.24 bits per heavy atom. The summed E-state index contributed by atoms with van der Waals surface area (Å²) < 4.78 is 9.18.